The molecule has 3 aromatic rings. The van der Waals surface area contributed by atoms with Crippen LogP contribution in [0, 0.1) is 11.8 Å². The van der Waals surface area contributed by atoms with Gasteiger partial charge in [-0.25, -0.2) is 4.98 Å². The summed E-state index contributed by atoms with van der Waals surface area (Å²) < 4.78 is 2.19. The largest absolute Gasteiger partial charge is 0.550 e. The van der Waals surface area contributed by atoms with Crippen LogP contribution in [0.1, 0.15) is 60.5 Å². The van der Waals surface area contributed by atoms with Crippen LogP contribution in [0.15, 0.2) is 61.2 Å². The Balaban J connectivity index is 1.63. The molecule has 0 bridgehead atoms. The number of carboxylic acids is 1. The van der Waals surface area contributed by atoms with E-state index in [0.717, 1.165) is 29.5 Å². The van der Waals surface area contributed by atoms with E-state index < -0.39 is 5.97 Å². The van der Waals surface area contributed by atoms with Gasteiger partial charge in [-0.2, -0.15) is 0 Å². The standard InChI is InChI=1S/C25H24N2O2/c1-25(2)12-11-23(27-14-13-26-17-27)21-10-9-19(15-22(21)25)6-3-18-4-7-20(8-5-18)16-24(28)29/h4-5,7-10,13-15,17,23H,11-12,16H2,1-2H3,(H,28,29)/p-1. The second kappa shape index (κ2) is 7.60. The number of hydrogen-bond donors (Lipinski definition) is 0. The molecule has 0 N–H and O–H groups in total. The van der Waals surface area contributed by atoms with E-state index >= 15 is 0 Å². The first-order valence-electron chi connectivity index (χ1n) is 9.85. The van der Waals surface area contributed by atoms with E-state index in [9.17, 15) is 9.90 Å². The Bertz CT molecular complexity index is 1080. The van der Waals surface area contributed by atoms with Crippen molar-refractivity contribution in [2.75, 3.05) is 0 Å². The normalized spacial score (nSPS) is 17.1. The van der Waals surface area contributed by atoms with E-state index in [1.165, 1.54) is 11.1 Å². The van der Waals surface area contributed by atoms with Gasteiger partial charge < -0.3 is 14.5 Å². The molecule has 1 heterocycles. The maximum absolute atomic E-state index is 10.7. The molecule has 0 spiro atoms. The average molecular weight is 383 g/mol. The number of hydrogen-bond acceptors (Lipinski definition) is 3. The van der Waals surface area contributed by atoms with Crippen LogP contribution in [-0.4, -0.2) is 15.5 Å². The van der Waals surface area contributed by atoms with E-state index in [4.69, 9.17) is 0 Å². The highest BCUT2D eigenvalue weighted by Gasteiger charge is 2.33. The first-order valence-corrected chi connectivity index (χ1v) is 9.85. The van der Waals surface area contributed by atoms with Gasteiger partial charge in [-0.3, -0.25) is 0 Å². The summed E-state index contributed by atoms with van der Waals surface area (Å²) in [5, 5.41) is 10.7. The summed E-state index contributed by atoms with van der Waals surface area (Å²) in [5.41, 5.74) is 5.37. The molecule has 0 saturated carbocycles. The van der Waals surface area contributed by atoms with Gasteiger partial charge in [0.2, 0.25) is 0 Å². The van der Waals surface area contributed by atoms with Gasteiger partial charge in [-0.15, -0.1) is 0 Å². The lowest BCUT2D eigenvalue weighted by Crippen LogP contribution is -2.28. The number of aromatic nitrogens is 2. The SMILES string of the molecule is CC1(C)CCC(n2ccnc2)c2ccc(C#Cc3ccc(CC(=O)[O-])cc3)cc21. The summed E-state index contributed by atoms with van der Waals surface area (Å²) in [6.45, 7) is 4.59. The maximum atomic E-state index is 10.7. The van der Waals surface area contributed by atoms with Crippen LogP contribution in [-0.2, 0) is 16.6 Å². The third-order valence-corrected chi connectivity index (χ3v) is 5.72. The van der Waals surface area contributed by atoms with Crippen molar-refractivity contribution >= 4 is 5.97 Å². The zero-order valence-corrected chi connectivity index (χ0v) is 16.7. The molecule has 29 heavy (non-hydrogen) atoms. The lowest BCUT2D eigenvalue weighted by molar-refractivity contribution is -0.304. The highest BCUT2D eigenvalue weighted by Crippen LogP contribution is 2.43. The van der Waals surface area contributed by atoms with Crippen molar-refractivity contribution in [1.82, 2.24) is 9.55 Å². The van der Waals surface area contributed by atoms with Crippen molar-refractivity contribution in [3.05, 3.63) is 89.0 Å². The van der Waals surface area contributed by atoms with Crippen LogP contribution < -0.4 is 5.11 Å². The molecule has 0 fully saturated rings. The minimum Gasteiger partial charge on any atom is -0.550 e. The van der Waals surface area contributed by atoms with Gasteiger partial charge in [-0.1, -0.05) is 43.9 Å². The molecule has 4 heteroatoms. The van der Waals surface area contributed by atoms with Gasteiger partial charge in [0, 0.05) is 35.9 Å². The van der Waals surface area contributed by atoms with E-state index in [-0.39, 0.29) is 11.8 Å². The second-order valence-electron chi connectivity index (χ2n) is 8.25. The average Bonchev–Trinajstić information content (AvgIpc) is 3.22. The Morgan fingerprint density at radius 2 is 1.90 bits per heavy atom. The summed E-state index contributed by atoms with van der Waals surface area (Å²) in [4.78, 5) is 14.9. The molecule has 0 amide bonds. The van der Waals surface area contributed by atoms with Crippen LogP contribution in [0.4, 0.5) is 0 Å². The van der Waals surface area contributed by atoms with Crippen molar-refractivity contribution in [3.63, 3.8) is 0 Å². The minimum atomic E-state index is -1.07. The molecule has 1 atom stereocenters. The van der Waals surface area contributed by atoms with Crippen molar-refractivity contribution in [2.45, 2.75) is 44.6 Å². The third-order valence-electron chi connectivity index (χ3n) is 5.72. The summed E-state index contributed by atoms with van der Waals surface area (Å²) in [5.74, 6) is 5.37. The molecule has 0 radical (unpaired) electrons. The Morgan fingerprint density at radius 3 is 2.59 bits per heavy atom. The fourth-order valence-corrected chi connectivity index (χ4v) is 4.08. The Morgan fingerprint density at radius 1 is 1.17 bits per heavy atom. The van der Waals surface area contributed by atoms with Gasteiger partial charge >= 0.3 is 0 Å². The molecule has 1 aliphatic rings. The van der Waals surface area contributed by atoms with E-state index in [2.05, 4.69) is 53.4 Å². The summed E-state index contributed by atoms with van der Waals surface area (Å²) in [6, 6.07) is 14.1. The number of carbonyl (C=O) groups excluding carboxylic acids is 1. The molecular formula is C25H23N2O2-. The Kier molecular flexibility index (Phi) is 4.98. The van der Waals surface area contributed by atoms with E-state index in [0.29, 0.717) is 6.04 Å². The lowest BCUT2D eigenvalue weighted by atomic mass is 9.70. The molecule has 4 nitrogen and oxygen atoms in total. The number of rotatable bonds is 3. The molecule has 2 aromatic carbocycles. The Hall–Kier alpha value is -3.32. The Labute approximate surface area is 171 Å². The van der Waals surface area contributed by atoms with Gasteiger partial charge in [0.15, 0.2) is 0 Å². The maximum Gasteiger partial charge on any atom is 0.0951 e. The number of imidazole rings is 1. The van der Waals surface area contributed by atoms with Crippen molar-refractivity contribution in [1.29, 1.82) is 0 Å². The van der Waals surface area contributed by atoms with Crippen LogP contribution in [0.5, 0.6) is 0 Å². The molecular weight excluding hydrogens is 360 g/mol. The van der Waals surface area contributed by atoms with Crippen LogP contribution >= 0.6 is 0 Å². The van der Waals surface area contributed by atoms with Crippen LogP contribution in [0.3, 0.4) is 0 Å². The number of fused-ring (bicyclic) bond motifs is 1. The smallest absolute Gasteiger partial charge is 0.0951 e. The predicted molar refractivity (Wildman–Crippen MR) is 110 cm³/mol. The predicted octanol–water partition coefficient (Wildman–Crippen LogP) is 3.24. The molecule has 1 aromatic heterocycles. The monoisotopic (exact) mass is 383 g/mol. The number of aliphatic carboxylic acids is 1. The van der Waals surface area contributed by atoms with Crippen LogP contribution in [0.25, 0.3) is 0 Å². The second-order valence-corrected chi connectivity index (χ2v) is 8.25. The first-order chi connectivity index (χ1) is 13.9. The summed E-state index contributed by atoms with van der Waals surface area (Å²) in [6.07, 6.45) is 7.89. The zero-order valence-electron chi connectivity index (χ0n) is 16.7. The lowest BCUT2D eigenvalue weighted by Gasteiger charge is -2.37. The van der Waals surface area contributed by atoms with Gasteiger partial charge in [-0.05, 0) is 59.2 Å². The summed E-state index contributed by atoms with van der Waals surface area (Å²) in [7, 11) is 0. The highest BCUT2D eigenvalue weighted by molar-refractivity contribution is 5.68. The third kappa shape index (κ3) is 4.09. The molecule has 1 unspecified atom stereocenters. The first kappa shape index (κ1) is 19.0. The fourth-order valence-electron chi connectivity index (χ4n) is 4.08. The molecule has 0 aliphatic heterocycles. The quantitative estimate of drug-likeness (QED) is 0.653. The zero-order chi connectivity index (χ0) is 20.4. The molecule has 0 saturated heterocycles. The van der Waals surface area contributed by atoms with Crippen molar-refractivity contribution < 1.29 is 9.90 Å². The van der Waals surface area contributed by atoms with Crippen LogP contribution in [0.2, 0.25) is 0 Å². The topological polar surface area (TPSA) is 58.0 Å². The van der Waals surface area contributed by atoms with Gasteiger partial charge in [0.25, 0.3) is 0 Å². The number of carboxylic acid groups (broad SMARTS) is 1. The molecule has 1 aliphatic carbocycles. The number of carbonyl (C=O) groups is 1. The van der Waals surface area contributed by atoms with Gasteiger partial charge in [0.1, 0.15) is 0 Å². The van der Waals surface area contributed by atoms with Crippen molar-refractivity contribution in [2.24, 2.45) is 0 Å². The fraction of sp³-hybridized carbons (Fsp3) is 0.280. The molecule has 146 valence electrons. The number of benzene rings is 2. The highest BCUT2D eigenvalue weighted by atomic mass is 16.4. The molecule has 4 rings (SSSR count). The summed E-state index contributed by atoms with van der Waals surface area (Å²) >= 11 is 0. The van der Waals surface area contributed by atoms with E-state index in [1.54, 1.807) is 12.1 Å². The van der Waals surface area contributed by atoms with E-state index in [1.807, 2.05) is 30.9 Å². The number of nitrogens with zero attached hydrogens (tertiary/aromatic N) is 2. The van der Waals surface area contributed by atoms with Crippen molar-refractivity contribution in [3.8, 4) is 11.8 Å². The minimum absolute atomic E-state index is 0.0777. The van der Waals surface area contributed by atoms with Gasteiger partial charge in [0.05, 0.1) is 12.4 Å².